The zero-order chi connectivity index (χ0) is 10.1. The van der Waals surface area contributed by atoms with E-state index in [4.69, 9.17) is 5.73 Å². The molecule has 0 atom stereocenters. The van der Waals surface area contributed by atoms with Crippen LogP contribution >= 0.6 is 0 Å². The highest BCUT2D eigenvalue weighted by molar-refractivity contribution is 5.86. The van der Waals surface area contributed by atoms with Gasteiger partial charge in [-0.25, -0.2) is 0 Å². The number of fused-ring (bicyclic) bond motifs is 1. The Kier molecular flexibility index (Phi) is 2.01. The first-order valence-corrected chi connectivity index (χ1v) is 4.62. The number of benzene rings is 2. The van der Waals surface area contributed by atoms with Gasteiger partial charge in [-0.1, -0.05) is 42.5 Å². The second-order valence-corrected chi connectivity index (χ2v) is 3.59. The third-order valence-electron chi connectivity index (χ3n) is 2.37. The van der Waals surface area contributed by atoms with E-state index in [-0.39, 0.29) is 0 Å². The fourth-order valence-corrected chi connectivity index (χ4v) is 1.56. The average molecular weight is 183 g/mol. The topological polar surface area (TPSA) is 26.0 Å². The minimum Gasteiger partial charge on any atom is -0.399 e. The van der Waals surface area contributed by atoms with Crippen LogP contribution in [0.25, 0.3) is 16.5 Å². The molecule has 0 aliphatic carbocycles. The van der Waals surface area contributed by atoms with Crippen molar-refractivity contribution < 1.29 is 0 Å². The largest absolute Gasteiger partial charge is 0.399 e. The maximum atomic E-state index is 5.64. The van der Waals surface area contributed by atoms with Gasteiger partial charge in [-0.05, 0) is 29.3 Å². The molecule has 0 spiro atoms. The predicted octanol–water partition coefficient (Wildman–Crippen LogP) is 3.08. The van der Waals surface area contributed by atoms with Gasteiger partial charge in [0.05, 0.1) is 0 Å². The van der Waals surface area contributed by atoms with Gasteiger partial charge in [0.1, 0.15) is 0 Å². The van der Waals surface area contributed by atoms with Gasteiger partial charge in [-0.3, -0.25) is 0 Å². The maximum absolute atomic E-state index is 5.64. The Morgan fingerprint density at radius 2 is 1.71 bits per heavy atom. The molecule has 1 heteroatoms. The fourth-order valence-electron chi connectivity index (χ4n) is 1.56. The molecule has 0 unspecified atom stereocenters. The van der Waals surface area contributed by atoms with Gasteiger partial charge >= 0.3 is 0 Å². The van der Waals surface area contributed by atoms with E-state index in [1.165, 1.54) is 16.3 Å². The summed E-state index contributed by atoms with van der Waals surface area (Å²) < 4.78 is 0. The lowest BCUT2D eigenvalue weighted by Gasteiger charge is -2.03. The van der Waals surface area contributed by atoms with Crippen molar-refractivity contribution in [3.05, 3.63) is 54.1 Å². The summed E-state index contributed by atoms with van der Waals surface area (Å²) in [5.41, 5.74) is 8.53. The molecule has 0 aromatic heterocycles. The van der Waals surface area contributed by atoms with Crippen LogP contribution in [0.5, 0.6) is 0 Å². The lowest BCUT2D eigenvalue weighted by molar-refractivity contribution is 1.50. The molecule has 2 aromatic carbocycles. The van der Waals surface area contributed by atoms with Gasteiger partial charge in [0.15, 0.2) is 0 Å². The van der Waals surface area contributed by atoms with Gasteiger partial charge < -0.3 is 5.73 Å². The van der Waals surface area contributed by atoms with Gasteiger partial charge in [-0.15, -0.1) is 0 Å². The molecule has 2 rings (SSSR count). The Morgan fingerprint density at radius 3 is 2.43 bits per heavy atom. The summed E-state index contributed by atoms with van der Waals surface area (Å²) in [5, 5.41) is 2.45. The molecule has 0 saturated carbocycles. The van der Waals surface area contributed by atoms with E-state index in [1.807, 2.05) is 6.07 Å². The second kappa shape index (κ2) is 3.18. The summed E-state index contributed by atoms with van der Waals surface area (Å²) in [7, 11) is 0. The van der Waals surface area contributed by atoms with Crippen molar-refractivity contribution in [3.8, 4) is 0 Å². The van der Waals surface area contributed by atoms with Crippen molar-refractivity contribution in [2.75, 3.05) is 0 Å². The summed E-state index contributed by atoms with van der Waals surface area (Å²) in [5.74, 6) is 0. The highest BCUT2D eigenvalue weighted by atomic mass is 14.6. The Labute approximate surface area is 83.9 Å². The van der Waals surface area contributed by atoms with Crippen LogP contribution in [-0.4, -0.2) is 0 Å². The van der Waals surface area contributed by atoms with Crippen LogP contribution in [0.3, 0.4) is 0 Å². The number of hydrogen-bond acceptors (Lipinski definition) is 1. The van der Waals surface area contributed by atoms with Crippen LogP contribution in [0.15, 0.2) is 43.0 Å². The van der Waals surface area contributed by atoms with Crippen molar-refractivity contribution in [2.24, 2.45) is 5.73 Å². The molecular weight excluding hydrogens is 170 g/mol. The smallest absolute Gasteiger partial charge is 0.0314 e. The molecular formula is C13H13N. The summed E-state index contributed by atoms with van der Waals surface area (Å²) in [6, 6.07) is 12.5. The SMILES string of the molecule is C=C(N)c1ccc2cc(C)ccc2c1. The van der Waals surface area contributed by atoms with E-state index in [2.05, 4.69) is 43.8 Å². The van der Waals surface area contributed by atoms with Crippen molar-refractivity contribution in [1.29, 1.82) is 0 Å². The van der Waals surface area contributed by atoms with Crippen molar-refractivity contribution in [1.82, 2.24) is 0 Å². The summed E-state index contributed by atoms with van der Waals surface area (Å²) in [6.45, 7) is 5.82. The van der Waals surface area contributed by atoms with E-state index in [0.29, 0.717) is 5.70 Å². The highest BCUT2D eigenvalue weighted by Crippen LogP contribution is 2.19. The quantitative estimate of drug-likeness (QED) is 0.722. The summed E-state index contributed by atoms with van der Waals surface area (Å²) in [6.07, 6.45) is 0. The minimum atomic E-state index is 0.618. The molecule has 0 fully saturated rings. The van der Waals surface area contributed by atoms with E-state index in [0.717, 1.165) is 5.56 Å². The number of nitrogens with two attached hydrogens (primary N) is 1. The van der Waals surface area contributed by atoms with Gasteiger partial charge in [0.25, 0.3) is 0 Å². The van der Waals surface area contributed by atoms with E-state index in [1.54, 1.807) is 0 Å². The lowest BCUT2D eigenvalue weighted by Crippen LogP contribution is -1.93. The first-order valence-electron chi connectivity index (χ1n) is 4.62. The van der Waals surface area contributed by atoms with Crippen LogP contribution in [-0.2, 0) is 0 Å². The van der Waals surface area contributed by atoms with E-state index in [9.17, 15) is 0 Å². The fraction of sp³-hybridized carbons (Fsp3) is 0.0769. The predicted molar refractivity (Wildman–Crippen MR) is 61.9 cm³/mol. The standard InChI is InChI=1S/C13H13N/c1-9-3-4-13-8-11(10(2)14)5-6-12(13)7-9/h3-8H,2,14H2,1H3. The first kappa shape index (κ1) is 8.82. The third-order valence-corrected chi connectivity index (χ3v) is 2.37. The molecule has 0 amide bonds. The molecule has 1 nitrogen and oxygen atoms in total. The zero-order valence-electron chi connectivity index (χ0n) is 8.25. The van der Waals surface area contributed by atoms with E-state index >= 15 is 0 Å². The molecule has 0 saturated heterocycles. The Balaban J connectivity index is 2.67. The van der Waals surface area contributed by atoms with Crippen LogP contribution in [0, 0.1) is 6.92 Å². The average Bonchev–Trinajstić information content (AvgIpc) is 2.16. The molecule has 0 aliphatic heterocycles. The summed E-state index contributed by atoms with van der Waals surface area (Å²) >= 11 is 0. The molecule has 70 valence electrons. The van der Waals surface area contributed by atoms with Crippen LogP contribution in [0.2, 0.25) is 0 Å². The van der Waals surface area contributed by atoms with Crippen molar-refractivity contribution in [3.63, 3.8) is 0 Å². The van der Waals surface area contributed by atoms with Crippen molar-refractivity contribution in [2.45, 2.75) is 6.92 Å². The first-order chi connectivity index (χ1) is 6.66. The summed E-state index contributed by atoms with van der Waals surface area (Å²) in [4.78, 5) is 0. The van der Waals surface area contributed by atoms with Crippen LogP contribution in [0.4, 0.5) is 0 Å². The monoisotopic (exact) mass is 183 g/mol. The van der Waals surface area contributed by atoms with Crippen molar-refractivity contribution >= 4 is 16.5 Å². The highest BCUT2D eigenvalue weighted by Gasteiger charge is 1.97. The Morgan fingerprint density at radius 1 is 1.07 bits per heavy atom. The van der Waals surface area contributed by atoms with Gasteiger partial charge in [0.2, 0.25) is 0 Å². The lowest BCUT2D eigenvalue weighted by atomic mass is 10.0. The van der Waals surface area contributed by atoms with E-state index < -0.39 is 0 Å². The molecule has 0 heterocycles. The molecule has 0 radical (unpaired) electrons. The molecule has 2 N–H and O–H groups in total. The van der Waals surface area contributed by atoms with Gasteiger partial charge in [-0.2, -0.15) is 0 Å². The molecule has 0 bridgehead atoms. The Hall–Kier alpha value is -1.76. The van der Waals surface area contributed by atoms with Gasteiger partial charge in [0, 0.05) is 5.70 Å². The number of aryl methyl sites for hydroxylation is 1. The zero-order valence-corrected chi connectivity index (χ0v) is 8.25. The number of rotatable bonds is 1. The Bertz CT molecular complexity index is 498. The minimum absolute atomic E-state index is 0.618. The number of hydrogen-bond donors (Lipinski definition) is 1. The molecule has 14 heavy (non-hydrogen) atoms. The van der Waals surface area contributed by atoms with Crippen LogP contribution < -0.4 is 5.73 Å². The third kappa shape index (κ3) is 1.49. The maximum Gasteiger partial charge on any atom is 0.0314 e. The molecule has 0 aliphatic rings. The van der Waals surface area contributed by atoms with Crippen LogP contribution in [0.1, 0.15) is 11.1 Å². The molecule has 2 aromatic rings. The normalized spacial score (nSPS) is 10.4. The second-order valence-electron chi connectivity index (χ2n) is 3.59.